The minimum absolute atomic E-state index is 0.433. The molecule has 0 radical (unpaired) electrons. The Kier molecular flexibility index (Phi) is 3.76. The highest BCUT2D eigenvalue weighted by Crippen LogP contribution is 2.41. The molecule has 0 saturated carbocycles. The van der Waals surface area contributed by atoms with Crippen LogP contribution in [0.4, 0.5) is 0 Å². The largest absolute Gasteiger partial charge is 0.378 e. The lowest BCUT2D eigenvalue weighted by Crippen LogP contribution is -2.19. The third-order valence-corrected chi connectivity index (χ3v) is 5.69. The van der Waals surface area contributed by atoms with Crippen LogP contribution in [0, 0.1) is 5.92 Å². The minimum Gasteiger partial charge on any atom is -0.378 e. The highest BCUT2D eigenvalue weighted by Gasteiger charge is 2.33. The highest BCUT2D eigenvalue weighted by atomic mass is 79.9. The molecule has 1 nitrogen and oxygen atoms in total. The fourth-order valence-corrected chi connectivity index (χ4v) is 4.32. The van der Waals surface area contributed by atoms with E-state index in [1.807, 2.05) is 0 Å². The molecule has 0 aromatic heterocycles. The van der Waals surface area contributed by atoms with E-state index in [0.717, 1.165) is 13.0 Å². The van der Waals surface area contributed by atoms with E-state index in [9.17, 15) is 0 Å². The predicted molar refractivity (Wildman–Crippen MR) is 78.3 cm³/mol. The number of hydrogen-bond acceptors (Lipinski definition) is 1. The van der Waals surface area contributed by atoms with Crippen molar-refractivity contribution in [3.63, 3.8) is 0 Å². The van der Waals surface area contributed by atoms with Crippen molar-refractivity contribution in [2.24, 2.45) is 5.92 Å². The molecule has 98 valence electrons. The fraction of sp³-hybridized carbons (Fsp3) is 0.625. The first-order valence-electron chi connectivity index (χ1n) is 7.17. The van der Waals surface area contributed by atoms with Gasteiger partial charge in [0.1, 0.15) is 0 Å². The molecule has 18 heavy (non-hydrogen) atoms. The maximum absolute atomic E-state index is 5.82. The van der Waals surface area contributed by atoms with Gasteiger partial charge in [-0.05, 0) is 48.8 Å². The summed E-state index contributed by atoms with van der Waals surface area (Å²) in [4.78, 5) is 0.454. The Morgan fingerprint density at radius 1 is 1.33 bits per heavy atom. The maximum Gasteiger partial charge on any atom is 0.0615 e. The predicted octanol–water partition coefficient (Wildman–Crippen LogP) is 4.43. The van der Waals surface area contributed by atoms with Crippen molar-refractivity contribution in [3.05, 3.63) is 34.9 Å². The van der Waals surface area contributed by atoms with Crippen LogP contribution in [0.5, 0.6) is 0 Å². The highest BCUT2D eigenvalue weighted by molar-refractivity contribution is 9.09. The number of halogens is 1. The molecule has 2 heteroatoms. The van der Waals surface area contributed by atoms with Crippen LogP contribution < -0.4 is 0 Å². The molecule has 0 spiro atoms. The van der Waals surface area contributed by atoms with Crippen LogP contribution in [0.2, 0.25) is 0 Å². The van der Waals surface area contributed by atoms with Crippen molar-refractivity contribution in [1.82, 2.24) is 0 Å². The smallest absolute Gasteiger partial charge is 0.0615 e. The monoisotopic (exact) mass is 308 g/mol. The van der Waals surface area contributed by atoms with E-state index in [0.29, 0.717) is 16.8 Å². The molecular weight excluding hydrogens is 288 g/mol. The molecule has 1 heterocycles. The van der Waals surface area contributed by atoms with Crippen molar-refractivity contribution in [3.8, 4) is 0 Å². The van der Waals surface area contributed by atoms with E-state index in [-0.39, 0.29) is 0 Å². The van der Waals surface area contributed by atoms with E-state index in [2.05, 4.69) is 41.1 Å². The summed E-state index contributed by atoms with van der Waals surface area (Å²) in [6, 6.07) is 7.07. The number of alkyl halides is 1. The van der Waals surface area contributed by atoms with Gasteiger partial charge in [-0.1, -0.05) is 41.1 Å². The summed E-state index contributed by atoms with van der Waals surface area (Å²) in [7, 11) is 0. The molecule has 1 saturated heterocycles. The average molecular weight is 309 g/mol. The summed E-state index contributed by atoms with van der Waals surface area (Å²) in [5.74, 6) is 0.634. The summed E-state index contributed by atoms with van der Waals surface area (Å²) >= 11 is 3.92. The zero-order valence-electron chi connectivity index (χ0n) is 11.0. The first-order valence-corrected chi connectivity index (χ1v) is 8.08. The number of fused-ring (bicyclic) bond motifs is 1. The van der Waals surface area contributed by atoms with Gasteiger partial charge in [0, 0.05) is 17.4 Å². The standard InChI is InChI=1S/C16H21BrO/c1-2-15-14(8-9-18-15)16(17)13-7-6-11-4-3-5-12(11)10-13/h6-7,10,14-16H,2-5,8-9H2,1H3. The SMILES string of the molecule is CCC1OCCC1C(Br)c1ccc2c(c1)CCC2. The summed E-state index contributed by atoms with van der Waals surface area (Å²) < 4.78 is 5.82. The lowest BCUT2D eigenvalue weighted by molar-refractivity contribution is 0.0873. The van der Waals surface area contributed by atoms with E-state index in [1.54, 1.807) is 11.1 Å². The van der Waals surface area contributed by atoms with Crippen LogP contribution in [0.1, 0.15) is 47.7 Å². The summed E-state index contributed by atoms with van der Waals surface area (Å²) in [6.07, 6.45) is 6.61. The molecule has 1 aliphatic carbocycles. The molecule has 3 rings (SSSR count). The van der Waals surface area contributed by atoms with Gasteiger partial charge in [-0.3, -0.25) is 0 Å². The third-order valence-electron chi connectivity index (χ3n) is 4.48. The molecule has 1 fully saturated rings. The van der Waals surface area contributed by atoms with Crippen LogP contribution in [-0.4, -0.2) is 12.7 Å². The molecule has 1 aliphatic heterocycles. The van der Waals surface area contributed by atoms with E-state index in [4.69, 9.17) is 4.74 Å². The normalized spacial score (nSPS) is 28.3. The van der Waals surface area contributed by atoms with Gasteiger partial charge < -0.3 is 4.74 Å². The van der Waals surface area contributed by atoms with Crippen LogP contribution in [0.25, 0.3) is 0 Å². The van der Waals surface area contributed by atoms with Crippen LogP contribution in [0.15, 0.2) is 18.2 Å². The van der Waals surface area contributed by atoms with Crippen molar-refractivity contribution in [2.45, 2.75) is 50.0 Å². The zero-order chi connectivity index (χ0) is 12.5. The van der Waals surface area contributed by atoms with Gasteiger partial charge in [-0.15, -0.1) is 0 Å². The number of aryl methyl sites for hydroxylation is 2. The third kappa shape index (κ3) is 2.25. The van der Waals surface area contributed by atoms with Crippen molar-refractivity contribution in [1.29, 1.82) is 0 Å². The Hall–Kier alpha value is -0.340. The Morgan fingerprint density at radius 3 is 3.00 bits per heavy atom. The number of hydrogen-bond donors (Lipinski definition) is 0. The topological polar surface area (TPSA) is 9.23 Å². The summed E-state index contributed by atoms with van der Waals surface area (Å²) in [5, 5.41) is 0. The van der Waals surface area contributed by atoms with Gasteiger partial charge in [0.2, 0.25) is 0 Å². The number of ether oxygens (including phenoxy) is 1. The lowest BCUT2D eigenvalue weighted by atomic mass is 9.90. The second kappa shape index (κ2) is 5.34. The van der Waals surface area contributed by atoms with Gasteiger partial charge in [-0.2, -0.15) is 0 Å². The first kappa shape index (κ1) is 12.7. The molecule has 0 N–H and O–H groups in total. The van der Waals surface area contributed by atoms with Gasteiger partial charge in [0.05, 0.1) is 6.10 Å². The zero-order valence-corrected chi connectivity index (χ0v) is 12.6. The van der Waals surface area contributed by atoms with Crippen LogP contribution >= 0.6 is 15.9 Å². The molecular formula is C16H21BrO. The molecule has 1 aromatic carbocycles. The van der Waals surface area contributed by atoms with E-state index < -0.39 is 0 Å². The van der Waals surface area contributed by atoms with Crippen molar-refractivity contribution >= 4 is 15.9 Å². The number of rotatable bonds is 3. The first-order chi connectivity index (χ1) is 8.79. The summed E-state index contributed by atoms with van der Waals surface area (Å²) in [5.41, 5.74) is 4.58. The molecule has 1 aromatic rings. The average Bonchev–Trinajstić information content (AvgIpc) is 3.05. The van der Waals surface area contributed by atoms with Crippen molar-refractivity contribution in [2.75, 3.05) is 6.61 Å². The van der Waals surface area contributed by atoms with Gasteiger partial charge in [0.15, 0.2) is 0 Å². The quantitative estimate of drug-likeness (QED) is 0.751. The van der Waals surface area contributed by atoms with E-state index in [1.165, 1.54) is 31.2 Å². The lowest BCUT2D eigenvalue weighted by Gasteiger charge is -2.23. The Balaban J connectivity index is 1.81. The molecule has 2 aliphatic rings. The Bertz CT molecular complexity index is 429. The van der Waals surface area contributed by atoms with Crippen molar-refractivity contribution < 1.29 is 4.74 Å². The maximum atomic E-state index is 5.82. The van der Waals surface area contributed by atoms with Crippen LogP contribution in [-0.2, 0) is 17.6 Å². The second-order valence-electron chi connectivity index (χ2n) is 5.55. The Labute approximate surface area is 118 Å². The van der Waals surface area contributed by atoms with Gasteiger partial charge >= 0.3 is 0 Å². The molecule has 0 amide bonds. The molecule has 3 atom stereocenters. The minimum atomic E-state index is 0.433. The molecule has 3 unspecified atom stereocenters. The van der Waals surface area contributed by atoms with Gasteiger partial charge in [0.25, 0.3) is 0 Å². The van der Waals surface area contributed by atoms with E-state index >= 15 is 0 Å². The second-order valence-corrected chi connectivity index (χ2v) is 6.54. The fourth-order valence-electron chi connectivity index (χ4n) is 3.43. The Morgan fingerprint density at radius 2 is 2.17 bits per heavy atom. The summed E-state index contributed by atoms with van der Waals surface area (Å²) in [6.45, 7) is 3.15. The molecule has 0 bridgehead atoms. The van der Waals surface area contributed by atoms with Crippen LogP contribution in [0.3, 0.4) is 0 Å². The van der Waals surface area contributed by atoms with Gasteiger partial charge in [-0.25, -0.2) is 0 Å². The number of benzene rings is 1.